The lowest BCUT2D eigenvalue weighted by atomic mass is 10.1. The van der Waals surface area contributed by atoms with Crippen molar-refractivity contribution in [3.05, 3.63) is 53.0 Å². The van der Waals surface area contributed by atoms with Gasteiger partial charge in [0.15, 0.2) is 5.78 Å². The number of Topliss-reactive ketones (excluding diaryl/α,β-unsaturated/α-hetero) is 1. The van der Waals surface area contributed by atoms with Crippen LogP contribution in [0.1, 0.15) is 23.2 Å². The predicted octanol–water partition coefficient (Wildman–Crippen LogP) is 3.46. The van der Waals surface area contributed by atoms with E-state index in [1.807, 2.05) is 22.4 Å². The second kappa shape index (κ2) is 7.58. The molecule has 0 N–H and O–H groups in total. The van der Waals surface area contributed by atoms with Crippen molar-refractivity contribution >= 4 is 22.8 Å². The molecule has 1 fully saturated rings. The van der Waals surface area contributed by atoms with Crippen LogP contribution in [-0.2, 0) is 6.54 Å². The monoisotopic (exact) mass is 386 g/mol. The minimum atomic E-state index is -0.353. The zero-order chi connectivity index (χ0) is 18.8. The van der Waals surface area contributed by atoms with Crippen LogP contribution in [0, 0.1) is 5.82 Å². The molecule has 0 radical (unpaired) electrons. The lowest BCUT2D eigenvalue weighted by Crippen LogP contribution is -2.46. The minimum Gasteiger partial charge on any atom is -0.419 e. The number of hydrogen-bond donors (Lipinski definition) is 0. The number of rotatable bonds is 5. The summed E-state index contributed by atoms with van der Waals surface area (Å²) in [6.45, 7) is 4.95. The zero-order valence-corrected chi connectivity index (χ0v) is 15.7. The molecule has 27 heavy (non-hydrogen) atoms. The molecule has 140 valence electrons. The van der Waals surface area contributed by atoms with E-state index >= 15 is 0 Å². The van der Waals surface area contributed by atoms with E-state index in [0.29, 0.717) is 42.7 Å². The number of thiophene rings is 1. The number of aromatic nitrogens is 2. The quantitative estimate of drug-likeness (QED) is 0.626. The van der Waals surface area contributed by atoms with Gasteiger partial charge in [0.25, 0.3) is 5.89 Å². The summed E-state index contributed by atoms with van der Waals surface area (Å²) in [4.78, 5) is 16.5. The molecule has 3 heterocycles. The molecule has 0 unspecified atom stereocenters. The highest BCUT2D eigenvalue weighted by Gasteiger charge is 2.22. The standard InChI is InChI=1S/C19H19FN4O2S/c1-13(25)14-4-5-16(15(20)11-14)24-8-6-23(7-9-24)12-18-21-22-19(26-18)17-3-2-10-27-17/h2-5,10-11H,6-9,12H2,1H3. The summed E-state index contributed by atoms with van der Waals surface area (Å²) in [5.41, 5.74) is 0.935. The number of anilines is 1. The zero-order valence-electron chi connectivity index (χ0n) is 14.9. The Labute approximate surface area is 160 Å². The lowest BCUT2D eigenvalue weighted by molar-refractivity contribution is 0.101. The number of carbonyl (C=O) groups excluding carboxylic acids is 1. The number of benzene rings is 1. The van der Waals surface area contributed by atoms with Crippen LogP contribution in [0.4, 0.5) is 10.1 Å². The van der Waals surface area contributed by atoms with Gasteiger partial charge < -0.3 is 9.32 Å². The Morgan fingerprint density at radius 2 is 2.04 bits per heavy atom. The smallest absolute Gasteiger partial charge is 0.257 e. The fourth-order valence-corrected chi connectivity index (χ4v) is 3.78. The summed E-state index contributed by atoms with van der Waals surface area (Å²) in [5.74, 6) is 0.649. The fraction of sp³-hybridized carbons (Fsp3) is 0.316. The summed E-state index contributed by atoms with van der Waals surface area (Å²) in [5, 5.41) is 10.2. The first kappa shape index (κ1) is 17.8. The highest BCUT2D eigenvalue weighted by Crippen LogP contribution is 2.25. The molecule has 4 rings (SSSR count). The van der Waals surface area contributed by atoms with Crippen LogP contribution >= 0.6 is 11.3 Å². The summed E-state index contributed by atoms with van der Waals surface area (Å²) in [6, 6.07) is 8.58. The van der Waals surface area contributed by atoms with E-state index in [0.717, 1.165) is 18.0 Å². The topological polar surface area (TPSA) is 62.5 Å². The van der Waals surface area contributed by atoms with Gasteiger partial charge in [0.1, 0.15) is 5.82 Å². The third-order valence-corrected chi connectivity index (χ3v) is 5.48. The van der Waals surface area contributed by atoms with Crippen LogP contribution in [0.2, 0.25) is 0 Å². The third-order valence-electron chi connectivity index (χ3n) is 4.62. The van der Waals surface area contributed by atoms with Gasteiger partial charge in [-0.3, -0.25) is 9.69 Å². The lowest BCUT2D eigenvalue weighted by Gasteiger charge is -2.35. The predicted molar refractivity (Wildman–Crippen MR) is 102 cm³/mol. The largest absolute Gasteiger partial charge is 0.419 e. The van der Waals surface area contributed by atoms with Crippen molar-refractivity contribution in [2.24, 2.45) is 0 Å². The molecule has 6 nitrogen and oxygen atoms in total. The molecular weight excluding hydrogens is 367 g/mol. The van der Waals surface area contributed by atoms with E-state index in [2.05, 4.69) is 15.1 Å². The number of halogens is 1. The Bertz CT molecular complexity index is 933. The van der Waals surface area contributed by atoms with E-state index in [-0.39, 0.29) is 11.6 Å². The molecule has 1 saturated heterocycles. The molecule has 0 bridgehead atoms. The minimum absolute atomic E-state index is 0.133. The molecule has 3 aromatic rings. The van der Waals surface area contributed by atoms with Gasteiger partial charge in [-0.15, -0.1) is 21.5 Å². The molecule has 8 heteroatoms. The Kier molecular flexibility index (Phi) is 5.00. The molecular formula is C19H19FN4O2S. The summed E-state index contributed by atoms with van der Waals surface area (Å²) >= 11 is 1.56. The number of ketones is 1. The normalized spacial score (nSPS) is 15.3. The molecule has 0 amide bonds. The van der Waals surface area contributed by atoms with Crippen LogP contribution in [-0.4, -0.2) is 47.1 Å². The summed E-state index contributed by atoms with van der Waals surface area (Å²) in [6.07, 6.45) is 0. The van der Waals surface area contributed by atoms with Crippen LogP contribution in [0.3, 0.4) is 0 Å². The summed E-state index contributed by atoms with van der Waals surface area (Å²) < 4.78 is 20.1. The highest BCUT2D eigenvalue weighted by atomic mass is 32.1. The molecule has 1 aromatic carbocycles. The second-order valence-electron chi connectivity index (χ2n) is 6.46. The number of piperazine rings is 1. The molecule has 2 aromatic heterocycles. The van der Waals surface area contributed by atoms with E-state index < -0.39 is 0 Å². The molecule has 1 aliphatic heterocycles. The van der Waals surface area contributed by atoms with Gasteiger partial charge in [0.2, 0.25) is 5.89 Å². The first-order chi connectivity index (χ1) is 13.1. The third kappa shape index (κ3) is 3.91. The SMILES string of the molecule is CC(=O)c1ccc(N2CCN(Cc3nnc(-c4cccs4)o3)CC2)c(F)c1. The van der Waals surface area contributed by atoms with E-state index in [1.54, 1.807) is 23.5 Å². The van der Waals surface area contributed by atoms with E-state index in [1.165, 1.54) is 13.0 Å². The van der Waals surface area contributed by atoms with Gasteiger partial charge in [-0.2, -0.15) is 0 Å². The Hall–Kier alpha value is -2.58. The van der Waals surface area contributed by atoms with Crippen molar-refractivity contribution in [3.63, 3.8) is 0 Å². The average molecular weight is 386 g/mol. The van der Waals surface area contributed by atoms with Crippen molar-refractivity contribution in [1.29, 1.82) is 0 Å². The second-order valence-corrected chi connectivity index (χ2v) is 7.41. The fourth-order valence-electron chi connectivity index (χ4n) is 3.14. The molecule has 0 aliphatic carbocycles. The molecule has 0 spiro atoms. The van der Waals surface area contributed by atoms with Crippen LogP contribution < -0.4 is 4.90 Å². The Morgan fingerprint density at radius 1 is 1.22 bits per heavy atom. The number of carbonyl (C=O) groups is 1. The maximum Gasteiger partial charge on any atom is 0.257 e. The van der Waals surface area contributed by atoms with Gasteiger partial charge in [-0.05, 0) is 36.6 Å². The number of nitrogens with zero attached hydrogens (tertiary/aromatic N) is 4. The van der Waals surface area contributed by atoms with Gasteiger partial charge in [0, 0.05) is 31.7 Å². The molecule has 0 atom stereocenters. The van der Waals surface area contributed by atoms with Crippen molar-refractivity contribution < 1.29 is 13.6 Å². The molecule has 0 saturated carbocycles. The molecule has 1 aliphatic rings. The van der Waals surface area contributed by atoms with Crippen LogP contribution in [0.15, 0.2) is 40.1 Å². The number of hydrogen-bond acceptors (Lipinski definition) is 7. The van der Waals surface area contributed by atoms with E-state index in [4.69, 9.17) is 4.42 Å². The first-order valence-corrected chi connectivity index (χ1v) is 9.62. The highest BCUT2D eigenvalue weighted by molar-refractivity contribution is 7.13. The van der Waals surface area contributed by atoms with E-state index in [9.17, 15) is 9.18 Å². The summed E-state index contributed by atoms with van der Waals surface area (Å²) in [7, 11) is 0. The Balaban J connectivity index is 1.36. The Morgan fingerprint density at radius 3 is 2.70 bits per heavy atom. The first-order valence-electron chi connectivity index (χ1n) is 8.74. The van der Waals surface area contributed by atoms with Crippen molar-refractivity contribution in [2.45, 2.75) is 13.5 Å². The van der Waals surface area contributed by atoms with Gasteiger partial charge >= 0.3 is 0 Å². The van der Waals surface area contributed by atoms with Crippen LogP contribution in [0.5, 0.6) is 0 Å². The van der Waals surface area contributed by atoms with Crippen molar-refractivity contribution in [3.8, 4) is 10.8 Å². The van der Waals surface area contributed by atoms with Gasteiger partial charge in [-0.1, -0.05) is 6.07 Å². The average Bonchev–Trinajstić information content (AvgIpc) is 3.34. The van der Waals surface area contributed by atoms with Crippen molar-refractivity contribution in [2.75, 3.05) is 31.1 Å². The van der Waals surface area contributed by atoms with Gasteiger partial charge in [0.05, 0.1) is 17.1 Å². The maximum atomic E-state index is 14.3. The maximum absolute atomic E-state index is 14.3. The van der Waals surface area contributed by atoms with Crippen LogP contribution in [0.25, 0.3) is 10.8 Å². The van der Waals surface area contributed by atoms with Gasteiger partial charge in [-0.25, -0.2) is 4.39 Å². The van der Waals surface area contributed by atoms with Crippen molar-refractivity contribution in [1.82, 2.24) is 15.1 Å².